The Morgan fingerprint density at radius 3 is 2.17 bits per heavy atom. The van der Waals surface area contributed by atoms with E-state index in [2.05, 4.69) is 153 Å². The zero-order valence-corrected chi connectivity index (χ0v) is 41.8. The van der Waals surface area contributed by atoms with E-state index in [9.17, 15) is 4.39 Å². The molecule has 0 aliphatic rings. The molecule has 5 aromatic heterocycles. The van der Waals surface area contributed by atoms with E-state index in [-0.39, 0.29) is 31.3 Å². The molecular weight excluding hydrogens is 1000 g/mol. The second kappa shape index (κ2) is 17.7. The van der Waals surface area contributed by atoms with Crippen LogP contribution in [0.15, 0.2) is 134 Å². The van der Waals surface area contributed by atoms with Crippen LogP contribution in [0.5, 0.6) is 0 Å². The first kappa shape index (κ1) is 43.5. The van der Waals surface area contributed by atoms with Crippen molar-refractivity contribution in [3.05, 3.63) is 168 Å². The molecule has 0 amide bonds. The summed E-state index contributed by atoms with van der Waals surface area (Å²) in [6, 6.07) is 49.1. The summed E-state index contributed by atoms with van der Waals surface area (Å²) in [5.74, 6) is -0.130. The maximum Gasteiger partial charge on any atom is 0.114 e. The first-order valence-corrected chi connectivity index (χ1v) is 25.6. The SMILES string of the molecule is Cc1ccc2c(ccc3nc(-c4[c-]ccc5c4sc4nc(C(C)(C)C)ccc45)n(-c4ccc(-c5ccccc5)cc4)c32)n1.[2H]C(C)(C)c1cc(-c2[c-]cc(F)cc2)ncc1[Si](C)(C)C.[Ir]. The Bertz CT molecular complexity index is 3350. The van der Waals surface area contributed by atoms with Gasteiger partial charge in [-0.1, -0.05) is 125 Å². The van der Waals surface area contributed by atoms with Crippen molar-refractivity contribution in [3.63, 3.8) is 0 Å². The van der Waals surface area contributed by atoms with Crippen LogP contribution in [0.25, 0.3) is 81.7 Å². The minimum atomic E-state index is -1.57. The van der Waals surface area contributed by atoms with Crippen LogP contribution in [0.2, 0.25) is 19.6 Å². The number of halogens is 1. The quantitative estimate of drug-likeness (QED) is 0.123. The van der Waals surface area contributed by atoms with E-state index in [0.29, 0.717) is 0 Å². The summed E-state index contributed by atoms with van der Waals surface area (Å²) in [4.78, 5) is 20.8. The Hall–Kier alpha value is -5.70. The molecule has 5 aromatic carbocycles. The molecule has 10 aromatic rings. The molecule has 323 valence electrons. The van der Waals surface area contributed by atoms with Crippen LogP contribution in [0.4, 0.5) is 4.39 Å². The van der Waals surface area contributed by atoms with Crippen molar-refractivity contribution in [2.24, 2.45) is 0 Å². The zero-order valence-electron chi connectivity index (χ0n) is 38.6. The fourth-order valence-corrected chi connectivity index (χ4v) is 10.9. The van der Waals surface area contributed by atoms with Crippen LogP contribution in [-0.4, -0.2) is 32.6 Å². The third-order valence-electron chi connectivity index (χ3n) is 11.4. The summed E-state index contributed by atoms with van der Waals surface area (Å²) in [7, 11) is -1.57. The predicted octanol–water partition coefficient (Wildman–Crippen LogP) is 14.4. The average Bonchev–Trinajstić information content (AvgIpc) is 3.85. The number of aromatic nitrogens is 5. The standard InChI is InChI=1S/C38H29N4S.C17H21FNSi.Ir/c1-23-13-18-29-31(39-23)20-21-32-34(29)42(26-16-14-25(15-17-26)24-9-6-5-7-10-24)36(40-32)30-12-8-11-27-28-19-22-33(38(2,3)4)41-37(28)43-35(27)30;1-12(2)15-10-16(13-6-8-14(18)9-7-13)19-11-17(15)20(3,4)5;/h5-11,13-22H,1-4H3;6,8-12H,1-5H3;/q2*-1;/i;12D;. The molecule has 9 heteroatoms. The van der Waals surface area contributed by atoms with Crippen LogP contribution < -0.4 is 5.19 Å². The van der Waals surface area contributed by atoms with E-state index in [0.717, 1.165) is 76.8 Å². The number of hydrogen-bond donors (Lipinski definition) is 0. The number of imidazole rings is 1. The monoisotopic (exact) mass is 1050 g/mol. The maximum absolute atomic E-state index is 13.0. The van der Waals surface area contributed by atoms with Gasteiger partial charge in [-0.15, -0.1) is 48.0 Å². The Labute approximate surface area is 395 Å². The molecule has 0 spiro atoms. The van der Waals surface area contributed by atoms with Gasteiger partial charge in [0.25, 0.3) is 0 Å². The maximum atomic E-state index is 13.0. The van der Waals surface area contributed by atoms with Gasteiger partial charge in [0.2, 0.25) is 0 Å². The van der Waals surface area contributed by atoms with Crippen molar-refractivity contribution >= 4 is 66.8 Å². The Morgan fingerprint density at radius 1 is 0.766 bits per heavy atom. The number of rotatable bonds is 6. The molecule has 5 nitrogen and oxygen atoms in total. The molecule has 1 radical (unpaired) electrons. The van der Waals surface area contributed by atoms with Gasteiger partial charge in [0, 0.05) is 61.4 Å². The van der Waals surface area contributed by atoms with Gasteiger partial charge in [0.1, 0.15) is 4.83 Å². The van der Waals surface area contributed by atoms with E-state index in [1.165, 1.54) is 39.2 Å². The second-order valence-corrected chi connectivity index (χ2v) is 24.5. The van der Waals surface area contributed by atoms with E-state index in [4.69, 9.17) is 16.3 Å². The molecule has 0 aliphatic heterocycles. The largest absolute Gasteiger partial charge is 0.333 e. The number of benzene rings is 5. The van der Waals surface area contributed by atoms with Crippen molar-refractivity contribution in [2.75, 3.05) is 0 Å². The Kier molecular flexibility index (Phi) is 12.0. The second-order valence-electron chi connectivity index (χ2n) is 18.4. The molecule has 64 heavy (non-hydrogen) atoms. The smallest absolute Gasteiger partial charge is 0.114 e. The van der Waals surface area contributed by atoms with E-state index >= 15 is 0 Å². The van der Waals surface area contributed by atoms with Gasteiger partial charge in [0.15, 0.2) is 0 Å². The van der Waals surface area contributed by atoms with Crippen molar-refractivity contribution in [2.45, 2.75) is 72.5 Å². The van der Waals surface area contributed by atoms with Crippen LogP contribution in [0, 0.1) is 24.9 Å². The Morgan fingerprint density at radius 2 is 1.48 bits per heavy atom. The fraction of sp³-hybridized carbons (Fsp3) is 0.200. The summed E-state index contributed by atoms with van der Waals surface area (Å²) in [5, 5.41) is 4.63. The minimum absolute atomic E-state index is 0. The summed E-state index contributed by atoms with van der Waals surface area (Å²) in [6.07, 6.45) is 1.89. The summed E-state index contributed by atoms with van der Waals surface area (Å²) in [6.45, 7) is 19.2. The van der Waals surface area contributed by atoms with Crippen LogP contribution in [-0.2, 0) is 25.5 Å². The predicted molar refractivity (Wildman–Crippen MR) is 266 cm³/mol. The van der Waals surface area contributed by atoms with Gasteiger partial charge < -0.3 is 9.55 Å². The first-order chi connectivity index (χ1) is 30.4. The molecule has 0 aliphatic carbocycles. The third kappa shape index (κ3) is 8.75. The molecule has 0 fully saturated rings. The van der Waals surface area contributed by atoms with Crippen molar-refractivity contribution < 1.29 is 25.9 Å². The van der Waals surface area contributed by atoms with Gasteiger partial charge in [-0.25, -0.2) is 4.98 Å². The van der Waals surface area contributed by atoms with Crippen molar-refractivity contribution in [1.29, 1.82) is 0 Å². The molecule has 0 saturated heterocycles. The van der Waals surface area contributed by atoms with E-state index in [1.54, 1.807) is 17.4 Å². The number of aryl methyl sites for hydroxylation is 1. The number of fused-ring (bicyclic) bond motifs is 6. The molecular formula is C55H50FIrN5SSi-2. The molecule has 0 N–H and O–H groups in total. The minimum Gasteiger partial charge on any atom is -0.333 e. The molecule has 10 rings (SSSR count). The third-order valence-corrected chi connectivity index (χ3v) is 14.6. The van der Waals surface area contributed by atoms with E-state index < -0.39 is 14.0 Å². The van der Waals surface area contributed by atoms with Gasteiger partial charge in [0.05, 0.1) is 30.4 Å². The van der Waals surface area contributed by atoms with Crippen molar-refractivity contribution in [1.82, 2.24) is 24.5 Å². The van der Waals surface area contributed by atoms with Crippen LogP contribution in [0.1, 0.15) is 58.8 Å². The first-order valence-electron chi connectivity index (χ1n) is 21.8. The zero-order chi connectivity index (χ0) is 45.1. The number of nitrogens with zero attached hydrogens (tertiary/aromatic N) is 5. The molecule has 0 atom stereocenters. The van der Waals surface area contributed by atoms with Gasteiger partial charge >= 0.3 is 0 Å². The molecule has 0 unspecified atom stereocenters. The van der Waals surface area contributed by atoms with Gasteiger partial charge in [-0.2, -0.15) is 11.3 Å². The number of pyridine rings is 3. The van der Waals surface area contributed by atoms with Crippen LogP contribution in [0.3, 0.4) is 0 Å². The molecule has 5 heterocycles. The van der Waals surface area contributed by atoms with Crippen LogP contribution >= 0.6 is 11.3 Å². The normalized spacial score (nSPS) is 12.3. The molecule has 0 bridgehead atoms. The summed E-state index contributed by atoms with van der Waals surface area (Å²) < 4.78 is 24.9. The number of hydrogen-bond acceptors (Lipinski definition) is 5. The van der Waals surface area contributed by atoms with Crippen molar-refractivity contribution in [3.8, 4) is 39.5 Å². The van der Waals surface area contributed by atoms with E-state index in [1.807, 2.05) is 45.2 Å². The van der Waals surface area contributed by atoms with Gasteiger partial charge in [-0.05, 0) is 87.4 Å². The fourth-order valence-electron chi connectivity index (χ4n) is 8.11. The number of thiophene rings is 1. The Balaban J connectivity index is 0.000000222. The van der Waals surface area contributed by atoms with Gasteiger partial charge in [-0.3, -0.25) is 14.4 Å². The summed E-state index contributed by atoms with van der Waals surface area (Å²) >= 11 is 1.72. The topological polar surface area (TPSA) is 56.5 Å². The average molecular weight is 1050 g/mol. The molecule has 0 saturated carbocycles. The summed E-state index contributed by atoms with van der Waals surface area (Å²) in [5.41, 5.74) is 11.9.